The number of carbonyl (C=O) groups is 1. The summed E-state index contributed by atoms with van der Waals surface area (Å²) in [7, 11) is -3.75. The van der Waals surface area contributed by atoms with E-state index in [1.165, 1.54) is 0 Å². The first-order valence-corrected chi connectivity index (χ1v) is 10.4. The summed E-state index contributed by atoms with van der Waals surface area (Å²) in [5, 5.41) is -0.468. The molecule has 0 aliphatic heterocycles. The molecule has 0 spiro atoms. The summed E-state index contributed by atoms with van der Waals surface area (Å²) in [4.78, 5) is 12.9. The largest absolute Gasteiger partial charge is 0.294 e. The van der Waals surface area contributed by atoms with Crippen LogP contribution in [-0.2, 0) is 9.84 Å². The number of rotatable bonds is 6. The van der Waals surface area contributed by atoms with Crippen LogP contribution in [0.2, 0.25) is 5.02 Å². The van der Waals surface area contributed by atoms with Gasteiger partial charge < -0.3 is 0 Å². The molecule has 1 atom stereocenters. The monoisotopic (exact) mass is 398 g/mol. The highest BCUT2D eigenvalue weighted by Gasteiger charge is 2.31. The summed E-state index contributed by atoms with van der Waals surface area (Å²) in [6, 6.07) is 22.0. The van der Waals surface area contributed by atoms with Gasteiger partial charge >= 0.3 is 0 Å². The molecule has 0 aliphatic rings. The van der Waals surface area contributed by atoms with Crippen molar-refractivity contribution in [1.82, 2.24) is 0 Å². The summed E-state index contributed by atoms with van der Waals surface area (Å²) >= 11 is 5.95. The minimum absolute atomic E-state index is 0.137. The van der Waals surface area contributed by atoms with Crippen LogP contribution in [0.1, 0.15) is 33.2 Å². The lowest BCUT2D eigenvalue weighted by atomic mass is 10.0. The molecule has 0 unspecified atom stereocenters. The minimum atomic E-state index is -3.75. The third kappa shape index (κ3) is 4.46. The van der Waals surface area contributed by atoms with E-state index < -0.39 is 15.1 Å². The van der Waals surface area contributed by atoms with Gasteiger partial charge in [0.15, 0.2) is 15.6 Å². The Hall–Kier alpha value is -2.43. The highest BCUT2D eigenvalue weighted by molar-refractivity contribution is 7.91. The summed E-state index contributed by atoms with van der Waals surface area (Å²) in [6.07, 6.45) is -0.137. The lowest BCUT2D eigenvalue weighted by Gasteiger charge is -2.18. The Morgan fingerprint density at radius 2 is 1.48 bits per heavy atom. The molecular weight excluding hydrogens is 380 g/mol. The Morgan fingerprint density at radius 1 is 0.889 bits per heavy atom. The van der Waals surface area contributed by atoms with Gasteiger partial charge in [0.05, 0.1) is 10.1 Å². The first-order valence-electron chi connectivity index (χ1n) is 8.52. The van der Waals surface area contributed by atoms with E-state index in [0.29, 0.717) is 16.1 Å². The van der Waals surface area contributed by atoms with Crippen molar-refractivity contribution in [2.75, 3.05) is 0 Å². The maximum atomic E-state index is 13.3. The Morgan fingerprint density at radius 3 is 2.07 bits per heavy atom. The van der Waals surface area contributed by atoms with Crippen molar-refractivity contribution in [2.45, 2.75) is 23.5 Å². The van der Waals surface area contributed by atoms with E-state index >= 15 is 0 Å². The smallest absolute Gasteiger partial charge is 0.185 e. The van der Waals surface area contributed by atoms with Crippen LogP contribution in [0.4, 0.5) is 0 Å². The van der Waals surface area contributed by atoms with Crippen LogP contribution >= 0.6 is 11.6 Å². The first-order chi connectivity index (χ1) is 12.9. The fourth-order valence-electron chi connectivity index (χ4n) is 2.89. The van der Waals surface area contributed by atoms with Crippen LogP contribution in [0, 0.1) is 6.92 Å². The van der Waals surface area contributed by atoms with Gasteiger partial charge in [-0.15, -0.1) is 0 Å². The molecule has 0 bridgehead atoms. The van der Waals surface area contributed by atoms with Crippen LogP contribution in [-0.4, -0.2) is 14.2 Å². The molecule has 5 heteroatoms. The second-order valence-electron chi connectivity index (χ2n) is 6.39. The molecule has 3 nitrogen and oxygen atoms in total. The minimum Gasteiger partial charge on any atom is -0.294 e. The van der Waals surface area contributed by atoms with Crippen molar-refractivity contribution in [2.24, 2.45) is 0 Å². The molecule has 0 heterocycles. The number of halogens is 1. The molecule has 0 N–H and O–H groups in total. The van der Waals surface area contributed by atoms with Gasteiger partial charge in [0.2, 0.25) is 0 Å². The highest BCUT2D eigenvalue weighted by atomic mass is 35.5. The number of sulfone groups is 1. The summed E-state index contributed by atoms with van der Waals surface area (Å²) in [5.41, 5.74) is 2.01. The topological polar surface area (TPSA) is 51.2 Å². The third-order valence-corrected chi connectivity index (χ3v) is 6.80. The molecule has 0 aliphatic carbocycles. The van der Waals surface area contributed by atoms with Gasteiger partial charge in [0, 0.05) is 17.0 Å². The average Bonchev–Trinajstić information content (AvgIpc) is 2.68. The van der Waals surface area contributed by atoms with E-state index in [0.717, 1.165) is 5.56 Å². The fourth-order valence-corrected chi connectivity index (χ4v) is 4.74. The third-order valence-electron chi connectivity index (χ3n) is 4.43. The molecule has 3 aromatic rings. The van der Waals surface area contributed by atoms with Gasteiger partial charge in [-0.05, 0) is 36.8 Å². The van der Waals surface area contributed by atoms with E-state index in [4.69, 9.17) is 11.6 Å². The predicted molar refractivity (Wildman–Crippen MR) is 108 cm³/mol. The quantitative estimate of drug-likeness (QED) is 0.520. The van der Waals surface area contributed by atoms with Crippen molar-refractivity contribution in [3.05, 3.63) is 101 Å². The number of hydrogen-bond acceptors (Lipinski definition) is 3. The number of Topliss-reactive ketones (excluding diaryl/α,β-unsaturated/α-hetero) is 1. The second-order valence-corrected chi connectivity index (χ2v) is 8.96. The Bertz CT molecular complexity index is 1030. The van der Waals surface area contributed by atoms with Crippen LogP contribution in [0.15, 0.2) is 83.8 Å². The lowest BCUT2D eigenvalue weighted by Crippen LogP contribution is -2.18. The van der Waals surface area contributed by atoms with E-state index in [-0.39, 0.29) is 17.1 Å². The van der Waals surface area contributed by atoms with Gasteiger partial charge in [-0.25, -0.2) is 8.42 Å². The van der Waals surface area contributed by atoms with Gasteiger partial charge in [-0.1, -0.05) is 71.8 Å². The average molecular weight is 399 g/mol. The van der Waals surface area contributed by atoms with Gasteiger partial charge in [-0.2, -0.15) is 0 Å². The van der Waals surface area contributed by atoms with Crippen LogP contribution in [0.5, 0.6) is 0 Å². The van der Waals surface area contributed by atoms with E-state index in [9.17, 15) is 13.2 Å². The van der Waals surface area contributed by atoms with Crippen LogP contribution in [0.25, 0.3) is 0 Å². The van der Waals surface area contributed by atoms with Crippen LogP contribution < -0.4 is 0 Å². The second kappa shape index (κ2) is 8.07. The molecule has 27 heavy (non-hydrogen) atoms. The molecule has 0 fully saturated rings. The molecule has 0 aromatic heterocycles. The lowest BCUT2D eigenvalue weighted by molar-refractivity contribution is 0.0980. The van der Waals surface area contributed by atoms with Crippen molar-refractivity contribution < 1.29 is 13.2 Å². The van der Waals surface area contributed by atoms with Gasteiger partial charge in [0.25, 0.3) is 0 Å². The molecule has 3 aromatic carbocycles. The van der Waals surface area contributed by atoms with Gasteiger partial charge in [-0.3, -0.25) is 4.79 Å². The zero-order valence-electron chi connectivity index (χ0n) is 14.8. The molecule has 0 radical (unpaired) electrons. The molecule has 0 amide bonds. The maximum absolute atomic E-state index is 13.3. The molecule has 0 saturated carbocycles. The van der Waals surface area contributed by atoms with Crippen molar-refractivity contribution >= 4 is 27.2 Å². The van der Waals surface area contributed by atoms with E-state index in [1.54, 1.807) is 72.8 Å². The summed E-state index contributed by atoms with van der Waals surface area (Å²) < 4.78 is 26.6. The van der Waals surface area contributed by atoms with Crippen molar-refractivity contribution in [3.8, 4) is 0 Å². The number of aryl methyl sites for hydroxylation is 1. The Balaban J connectivity index is 2.03. The predicted octanol–water partition coefficient (Wildman–Crippen LogP) is 5.44. The number of hydrogen-bond donors (Lipinski definition) is 0. The molecule has 0 saturated heterocycles. The summed E-state index contributed by atoms with van der Waals surface area (Å²) in [5.74, 6) is -0.216. The fraction of sp³-hybridized carbons (Fsp3) is 0.136. The maximum Gasteiger partial charge on any atom is 0.185 e. The van der Waals surface area contributed by atoms with Crippen molar-refractivity contribution in [1.29, 1.82) is 0 Å². The Kier molecular flexibility index (Phi) is 5.78. The van der Waals surface area contributed by atoms with Gasteiger partial charge in [0.1, 0.15) is 0 Å². The Labute approximate surface area is 164 Å². The number of ketones is 1. The van der Waals surface area contributed by atoms with E-state index in [2.05, 4.69) is 0 Å². The number of carbonyl (C=O) groups excluding carboxylic acids is 1. The number of benzene rings is 3. The molecule has 3 rings (SSSR count). The zero-order chi connectivity index (χ0) is 19.4. The normalized spacial score (nSPS) is 12.5. The summed E-state index contributed by atoms with van der Waals surface area (Å²) in [6.45, 7) is 1.89. The SMILES string of the molecule is Cc1ccc(S(=O)(=O)[C@@H](CC(=O)c2ccccc2)c2ccc(Cl)cc2)cc1. The van der Waals surface area contributed by atoms with Crippen LogP contribution in [0.3, 0.4) is 0 Å². The molecular formula is C22H19ClO3S. The standard InChI is InChI=1S/C22H19ClO3S/c1-16-7-13-20(14-8-16)27(25,26)22(18-9-11-19(23)12-10-18)15-21(24)17-5-3-2-4-6-17/h2-14,22H,15H2,1H3/t22-/m0/s1. The zero-order valence-corrected chi connectivity index (χ0v) is 16.4. The highest BCUT2D eigenvalue weighted by Crippen LogP contribution is 2.33. The molecule has 138 valence electrons. The van der Waals surface area contributed by atoms with Crippen molar-refractivity contribution in [3.63, 3.8) is 0 Å². The first kappa shape index (κ1) is 19.3. The van der Waals surface area contributed by atoms with E-state index in [1.807, 2.05) is 13.0 Å².